The van der Waals surface area contributed by atoms with Crippen LogP contribution in [0.1, 0.15) is 56.7 Å². The third-order valence-electron chi connectivity index (χ3n) is 8.27. The molecule has 3 aromatic carbocycles. The molecule has 40 heavy (non-hydrogen) atoms. The van der Waals surface area contributed by atoms with Crippen molar-refractivity contribution < 1.29 is 21.6 Å². The van der Waals surface area contributed by atoms with Gasteiger partial charge in [0.1, 0.15) is 11.4 Å². The van der Waals surface area contributed by atoms with Crippen LogP contribution < -0.4 is 4.74 Å². The van der Waals surface area contributed by atoms with Gasteiger partial charge in [-0.15, -0.1) is 0 Å². The number of hydrogen-bond acceptors (Lipinski definition) is 6. The second-order valence-corrected chi connectivity index (χ2v) is 16.5. The molecule has 3 aromatic rings. The van der Waals surface area contributed by atoms with E-state index in [1.807, 2.05) is 24.3 Å². The Morgan fingerprint density at radius 3 is 1.88 bits per heavy atom. The van der Waals surface area contributed by atoms with Crippen molar-refractivity contribution in [1.29, 1.82) is 0 Å². The fourth-order valence-corrected chi connectivity index (χ4v) is 7.96. The molecule has 2 heterocycles. The molecule has 1 fully saturated rings. The van der Waals surface area contributed by atoms with E-state index in [4.69, 9.17) is 4.74 Å². The molecule has 0 saturated carbocycles. The number of benzene rings is 3. The molecule has 0 radical (unpaired) electrons. The summed E-state index contributed by atoms with van der Waals surface area (Å²) in [6, 6.07) is 20.1. The Hall–Kier alpha value is -2.68. The maximum absolute atomic E-state index is 12.8. The van der Waals surface area contributed by atoms with Crippen LogP contribution in [-0.4, -0.2) is 52.2 Å². The predicted octanol–water partition coefficient (Wildman–Crippen LogP) is 5.83. The van der Waals surface area contributed by atoms with Crippen LogP contribution in [0.25, 0.3) is 11.1 Å². The van der Waals surface area contributed by atoms with Gasteiger partial charge in [0.15, 0.2) is 19.7 Å². The van der Waals surface area contributed by atoms with Gasteiger partial charge in [0, 0.05) is 24.9 Å². The third-order valence-corrected chi connectivity index (χ3v) is 10.9. The minimum Gasteiger partial charge on any atom is -0.487 e. The fourth-order valence-electron chi connectivity index (χ4n) is 5.82. The highest BCUT2D eigenvalue weighted by atomic mass is 32.2. The first-order valence-corrected chi connectivity index (χ1v) is 17.6. The van der Waals surface area contributed by atoms with E-state index in [1.165, 1.54) is 17.7 Å². The van der Waals surface area contributed by atoms with Gasteiger partial charge in [0.2, 0.25) is 0 Å². The SMILES string of the molecule is CC(C)(C)N1CCC2(CCc3cc(-c4ccc(CS(=O)(=O)Cc5ccc(S(C)(=O)=O)cc5)cc4)ccc3O2)CC1. The van der Waals surface area contributed by atoms with Gasteiger partial charge in [-0.2, -0.15) is 0 Å². The number of sulfone groups is 2. The normalized spacial score (nSPS) is 17.8. The van der Waals surface area contributed by atoms with Gasteiger partial charge in [0.05, 0.1) is 16.4 Å². The van der Waals surface area contributed by atoms with Gasteiger partial charge < -0.3 is 4.74 Å². The standard InChI is InChI=1S/C32H39NO5S2/c1-31(2,3)33-19-17-32(18-20-33)16-15-28-21-27(11-14-30(28)38-32)26-9-5-24(6-10-26)22-40(36,37)23-25-7-12-29(13-8-25)39(4,34)35/h5-14,21H,15-20,22-23H2,1-4H3. The first-order chi connectivity index (χ1) is 18.7. The van der Waals surface area contributed by atoms with Gasteiger partial charge in [-0.05, 0) is 98.5 Å². The van der Waals surface area contributed by atoms with Crippen molar-refractivity contribution >= 4 is 19.7 Å². The average Bonchev–Trinajstić information content (AvgIpc) is 2.88. The molecule has 5 rings (SSSR count). The summed E-state index contributed by atoms with van der Waals surface area (Å²) in [7, 11) is -6.74. The highest BCUT2D eigenvalue weighted by Gasteiger charge is 2.41. The zero-order chi connectivity index (χ0) is 28.8. The molecule has 0 atom stereocenters. The van der Waals surface area contributed by atoms with Gasteiger partial charge in [-0.3, -0.25) is 4.90 Å². The van der Waals surface area contributed by atoms with Gasteiger partial charge in [0.25, 0.3) is 0 Å². The average molecular weight is 582 g/mol. The lowest BCUT2D eigenvalue weighted by Gasteiger charge is -2.48. The molecule has 1 spiro atoms. The number of ether oxygens (including phenoxy) is 1. The van der Waals surface area contributed by atoms with Crippen LogP contribution >= 0.6 is 0 Å². The van der Waals surface area contributed by atoms with Gasteiger partial charge in [-0.25, -0.2) is 16.8 Å². The van der Waals surface area contributed by atoms with E-state index in [-0.39, 0.29) is 27.5 Å². The van der Waals surface area contributed by atoms with E-state index in [9.17, 15) is 16.8 Å². The summed E-state index contributed by atoms with van der Waals surface area (Å²) in [6.45, 7) is 8.96. The summed E-state index contributed by atoms with van der Waals surface area (Å²) in [4.78, 5) is 2.73. The van der Waals surface area contributed by atoms with Crippen LogP contribution in [0.3, 0.4) is 0 Å². The molecule has 0 bridgehead atoms. The molecular weight excluding hydrogens is 542 g/mol. The van der Waals surface area contributed by atoms with Crippen LogP contribution in [0.15, 0.2) is 71.6 Å². The lowest BCUT2D eigenvalue weighted by molar-refractivity contribution is -0.0355. The molecule has 0 aromatic heterocycles. The van der Waals surface area contributed by atoms with Crippen LogP contribution in [0, 0.1) is 0 Å². The summed E-state index contributed by atoms with van der Waals surface area (Å²) < 4.78 is 55.6. The van der Waals surface area contributed by atoms with Crippen molar-refractivity contribution in [2.45, 2.75) is 74.0 Å². The van der Waals surface area contributed by atoms with E-state index in [2.05, 4.69) is 43.9 Å². The van der Waals surface area contributed by atoms with Crippen molar-refractivity contribution in [2.75, 3.05) is 19.3 Å². The minimum atomic E-state index is -3.42. The molecular formula is C32H39NO5S2. The molecule has 1 saturated heterocycles. The first-order valence-electron chi connectivity index (χ1n) is 13.9. The van der Waals surface area contributed by atoms with Gasteiger partial charge in [-0.1, -0.05) is 42.5 Å². The van der Waals surface area contributed by atoms with Crippen LogP contribution in [0.2, 0.25) is 0 Å². The van der Waals surface area contributed by atoms with E-state index < -0.39 is 19.7 Å². The third kappa shape index (κ3) is 6.61. The highest BCUT2D eigenvalue weighted by molar-refractivity contribution is 7.90. The quantitative estimate of drug-likeness (QED) is 0.364. The summed E-state index contributed by atoms with van der Waals surface area (Å²) in [6.07, 6.45) is 5.28. The topological polar surface area (TPSA) is 80.8 Å². The largest absolute Gasteiger partial charge is 0.487 e. The van der Waals surface area contributed by atoms with Crippen molar-refractivity contribution in [3.05, 3.63) is 83.4 Å². The zero-order valence-corrected chi connectivity index (χ0v) is 25.4. The van der Waals surface area contributed by atoms with Crippen molar-refractivity contribution in [2.24, 2.45) is 0 Å². The Morgan fingerprint density at radius 2 is 1.32 bits per heavy atom. The Labute approximate surface area is 239 Å². The molecule has 0 N–H and O–H groups in total. The molecule has 2 aliphatic rings. The van der Waals surface area contributed by atoms with Crippen LogP contribution in [0.5, 0.6) is 5.75 Å². The first kappa shape index (κ1) is 28.8. The summed E-state index contributed by atoms with van der Waals surface area (Å²) in [5, 5.41) is 0. The summed E-state index contributed by atoms with van der Waals surface area (Å²) in [5.74, 6) is 0.777. The number of likely N-dealkylation sites (tertiary alicyclic amines) is 1. The summed E-state index contributed by atoms with van der Waals surface area (Å²) >= 11 is 0. The number of hydrogen-bond donors (Lipinski definition) is 0. The van der Waals surface area contributed by atoms with E-state index in [0.29, 0.717) is 5.56 Å². The predicted molar refractivity (Wildman–Crippen MR) is 160 cm³/mol. The number of piperidine rings is 1. The van der Waals surface area contributed by atoms with Crippen molar-refractivity contribution in [3.63, 3.8) is 0 Å². The Morgan fingerprint density at radius 1 is 0.775 bits per heavy atom. The monoisotopic (exact) mass is 581 g/mol. The second kappa shape index (κ2) is 10.6. The zero-order valence-electron chi connectivity index (χ0n) is 23.8. The maximum atomic E-state index is 12.8. The summed E-state index contributed by atoms with van der Waals surface area (Å²) in [5.41, 5.74) is 4.80. The van der Waals surface area contributed by atoms with Crippen molar-refractivity contribution in [3.8, 4) is 16.9 Å². The smallest absolute Gasteiger partial charge is 0.175 e. The highest BCUT2D eigenvalue weighted by Crippen LogP contribution is 2.41. The maximum Gasteiger partial charge on any atom is 0.175 e. The molecule has 0 amide bonds. The number of aryl methyl sites for hydroxylation is 1. The molecule has 6 nitrogen and oxygen atoms in total. The molecule has 214 valence electrons. The number of fused-ring (bicyclic) bond motifs is 1. The Bertz CT molecular complexity index is 1580. The lowest BCUT2D eigenvalue weighted by Crippen LogP contribution is -2.54. The van der Waals surface area contributed by atoms with Crippen molar-refractivity contribution in [1.82, 2.24) is 4.90 Å². The Balaban J connectivity index is 1.22. The second-order valence-electron chi connectivity index (χ2n) is 12.4. The van der Waals surface area contributed by atoms with Crippen LogP contribution in [0.4, 0.5) is 0 Å². The lowest BCUT2D eigenvalue weighted by atomic mass is 9.81. The molecule has 0 unspecified atom stereocenters. The minimum absolute atomic E-state index is 0.0564. The molecule has 2 aliphatic heterocycles. The van der Waals surface area contributed by atoms with E-state index >= 15 is 0 Å². The molecule has 0 aliphatic carbocycles. The van der Waals surface area contributed by atoms with Crippen LogP contribution in [-0.2, 0) is 37.6 Å². The number of nitrogens with zero attached hydrogens (tertiary/aromatic N) is 1. The number of rotatable bonds is 6. The molecule has 8 heteroatoms. The Kier molecular flexibility index (Phi) is 7.66. The van der Waals surface area contributed by atoms with Gasteiger partial charge >= 0.3 is 0 Å². The van der Waals surface area contributed by atoms with E-state index in [1.54, 1.807) is 12.1 Å². The van der Waals surface area contributed by atoms with E-state index in [0.717, 1.165) is 67.5 Å². The fraction of sp³-hybridized carbons (Fsp3) is 0.438.